The maximum absolute atomic E-state index is 13.4. The average molecular weight is 298 g/mol. The summed E-state index contributed by atoms with van der Waals surface area (Å²) in [7, 11) is 0. The summed E-state index contributed by atoms with van der Waals surface area (Å²) in [5.74, 6) is 1.50. The van der Waals surface area contributed by atoms with Crippen LogP contribution in [0.3, 0.4) is 0 Å². The monoisotopic (exact) mass is 298 g/mol. The molecule has 0 fully saturated rings. The molecule has 0 saturated heterocycles. The summed E-state index contributed by atoms with van der Waals surface area (Å²) < 4.78 is 13.4. The molecule has 20 heavy (non-hydrogen) atoms. The number of carbonyl (C=O) groups excluding carboxylic acids is 1. The molecule has 0 radical (unpaired) electrons. The third kappa shape index (κ3) is 6.80. The van der Waals surface area contributed by atoms with Crippen LogP contribution in [-0.4, -0.2) is 17.4 Å². The second kappa shape index (κ2) is 9.64. The minimum atomic E-state index is -0.457. The standard InChI is InChI=1S/C15H23FN2OS/c1-2-3-4-9-20-10-5-6-15(19)18-14-11-12(17)7-8-13(14)16/h7-8,11H,2-6,9-10,17H2,1H3,(H,18,19). The molecule has 1 aromatic rings. The first-order valence-electron chi connectivity index (χ1n) is 7.06. The molecule has 0 bridgehead atoms. The summed E-state index contributed by atoms with van der Waals surface area (Å²) in [4.78, 5) is 11.7. The quantitative estimate of drug-likeness (QED) is 0.534. The van der Waals surface area contributed by atoms with Gasteiger partial charge in [0.05, 0.1) is 5.69 Å². The number of rotatable bonds is 9. The van der Waals surface area contributed by atoms with Crippen molar-refractivity contribution in [1.82, 2.24) is 0 Å². The first-order valence-corrected chi connectivity index (χ1v) is 8.21. The van der Waals surface area contributed by atoms with Crippen molar-refractivity contribution in [2.45, 2.75) is 39.0 Å². The van der Waals surface area contributed by atoms with Crippen LogP contribution < -0.4 is 11.1 Å². The Morgan fingerprint density at radius 3 is 2.80 bits per heavy atom. The fourth-order valence-corrected chi connectivity index (χ4v) is 2.70. The number of nitrogen functional groups attached to an aromatic ring is 1. The number of hydrogen-bond acceptors (Lipinski definition) is 3. The fraction of sp³-hybridized carbons (Fsp3) is 0.533. The van der Waals surface area contributed by atoms with Crippen molar-refractivity contribution in [2.75, 3.05) is 22.6 Å². The van der Waals surface area contributed by atoms with E-state index in [0.29, 0.717) is 12.1 Å². The predicted octanol–water partition coefficient (Wildman–Crippen LogP) is 4.05. The minimum absolute atomic E-state index is 0.158. The number of benzene rings is 1. The van der Waals surface area contributed by atoms with Gasteiger partial charge in [-0.2, -0.15) is 11.8 Å². The number of halogens is 1. The van der Waals surface area contributed by atoms with Crippen LogP contribution in [0.25, 0.3) is 0 Å². The largest absolute Gasteiger partial charge is 0.399 e. The lowest BCUT2D eigenvalue weighted by Crippen LogP contribution is -2.13. The number of carbonyl (C=O) groups is 1. The fourth-order valence-electron chi connectivity index (χ4n) is 1.74. The molecular weight excluding hydrogens is 275 g/mol. The number of nitrogens with one attached hydrogen (secondary N) is 1. The molecule has 5 heteroatoms. The number of thioether (sulfide) groups is 1. The van der Waals surface area contributed by atoms with Crippen molar-refractivity contribution >= 4 is 29.0 Å². The van der Waals surface area contributed by atoms with Crippen molar-refractivity contribution in [2.24, 2.45) is 0 Å². The molecule has 0 atom stereocenters. The van der Waals surface area contributed by atoms with Gasteiger partial charge < -0.3 is 11.1 Å². The van der Waals surface area contributed by atoms with Gasteiger partial charge in [-0.3, -0.25) is 4.79 Å². The van der Waals surface area contributed by atoms with Gasteiger partial charge in [-0.1, -0.05) is 19.8 Å². The highest BCUT2D eigenvalue weighted by Crippen LogP contribution is 2.18. The van der Waals surface area contributed by atoms with Gasteiger partial charge in [0.1, 0.15) is 5.82 Å². The maximum atomic E-state index is 13.4. The first kappa shape index (κ1) is 16.8. The van der Waals surface area contributed by atoms with Crippen molar-refractivity contribution in [1.29, 1.82) is 0 Å². The molecule has 112 valence electrons. The van der Waals surface area contributed by atoms with Gasteiger partial charge in [0, 0.05) is 12.1 Å². The highest BCUT2D eigenvalue weighted by Gasteiger charge is 2.07. The van der Waals surface area contributed by atoms with Crippen molar-refractivity contribution in [3.8, 4) is 0 Å². The summed E-state index contributed by atoms with van der Waals surface area (Å²) in [5.41, 5.74) is 6.16. The molecule has 0 aromatic heterocycles. The van der Waals surface area contributed by atoms with Gasteiger partial charge >= 0.3 is 0 Å². The second-order valence-corrected chi connectivity index (χ2v) is 5.94. The normalized spacial score (nSPS) is 10.5. The van der Waals surface area contributed by atoms with Gasteiger partial charge in [-0.25, -0.2) is 4.39 Å². The van der Waals surface area contributed by atoms with Crippen LogP contribution in [-0.2, 0) is 4.79 Å². The van der Waals surface area contributed by atoms with E-state index in [1.165, 1.54) is 37.5 Å². The Balaban J connectivity index is 2.19. The lowest BCUT2D eigenvalue weighted by molar-refractivity contribution is -0.116. The predicted molar refractivity (Wildman–Crippen MR) is 85.5 cm³/mol. The molecule has 0 saturated carbocycles. The van der Waals surface area contributed by atoms with Crippen LogP contribution in [0, 0.1) is 5.82 Å². The van der Waals surface area contributed by atoms with E-state index in [1.807, 2.05) is 11.8 Å². The SMILES string of the molecule is CCCCCSCCCC(=O)Nc1cc(N)ccc1F. The molecule has 0 unspecified atom stereocenters. The Kier molecular flexibility index (Phi) is 8.11. The minimum Gasteiger partial charge on any atom is -0.399 e. The summed E-state index contributed by atoms with van der Waals surface area (Å²) in [6, 6.07) is 4.17. The van der Waals surface area contributed by atoms with Gasteiger partial charge in [-0.15, -0.1) is 0 Å². The molecule has 0 spiro atoms. The molecule has 0 aliphatic heterocycles. The van der Waals surface area contributed by atoms with Crippen LogP contribution >= 0.6 is 11.8 Å². The Hall–Kier alpha value is -1.23. The zero-order chi connectivity index (χ0) is 14.8. The second-order valence-electron chi connectivity index (χ2n) is 4.71. The van der Waals surface area contributed by atoms with E-state index in [2.05, 4.69) is 12.2 Å². The van der Waals surface area contributed by atoms with Gasteiger partial charge in [0.15, 0.2) is 0 Å². The van der Waals surface area contributed by atoms with Crippen molar-refractivity contribution < 1.29 is 9.18 Å². The third-order valence-corrected chi connectivity index (χ3v) is 4.00. The topological polar surface area (TPSA) is 55.1 Å². The maximum Gasteiger partial charge on any atom is 0.224 e. The summed E-state index contributed by atoms with van der Waals surface area (Å²) in [6.07, 6.45) is 4.96. The third-order valence-electron chi connectivity index (χ3n) is 2.85. The molecule has 1 rings (SSSR count). The van der Waals surface area contributed by atoms with Gasteiger partial charge in [0.2, 0.25) is 5.91 Å². The number of hydrogen-bond donors (Lipinski definition) is 2. The molecule has 3 N–H and O–H groups in total. The first-order chi connectivity index (χ1) is 9.63. The molecule has 0 heterocycles. The van der Waals surface area contributed by atoms with Crippen LogP contribution in [0.15, 0.2) is 18.2 Å². The smallest absolute Gasteiger partial charge is 0.224 e. The highest BCUT2D eigenvalue weighted by atomic mass is 32.2. The van der Waals surface area contributed by atoms with E-state index in [0.717, 1.165) is 17.9 Å². The summed E-state index contributed by atoms with van der Waals surface area (Å²) >= 11 is 1.87. The van der Waals surface area contributed by atoms with Gasteiger partial charge in [-0.05, 0) is 42.5 Å². The Morgan fingerprint density at radius 1 is 1.30 bits per heavy atom. The van der Waals surface area contributed by atoms with E-state index in [9.17, 15) is 9.18 Å². The Bertz CT molecular complexity index is 426. The van der Waals surface area contributed by atoms with Gasteiger partial charge in [0.25, 0.3) is 0 Å². The van der Waals surface area contributed by atoms with Crippen LogP contribution in [0.5, 0.6) is 0 Å². The zero-order valence-corrected chi connectivity index (χ0v) is 12.8. The molecule has 0 aliphatic carbocycles. The number of unbranched alkanes of at least 4 members (excludes halogenated alkanes) is 2. The van der Waals surface area contributed by atoms with E-state index < -0.39 is 5.82 Å². The zero-order valence-electron chi connectivity index (χ0n) is 12.0. The number of amides is 1. The van der Waals surface area contributed by atoms with E-state index in [-0.39, 0.29) is 11.6 Å². The molecule has 1 amide bonds. The van der Waals surface area contributed by atoms with Crippen molar-refractivity contribution in [3.63, 3.8) is 0 Å². The Labute approximate surface area is 124 Å². The average Bonchev–Trinajstić information content (AvgIpc) is 2.42. The van der Waals surface area contributed by atoms with Crippen LogP contribution in [0.2, 0.25) is 0 Å². The summed E-state index contributed by atoms with van der Waals surface area (Å²) in [5, 5.41) is 2.56. The highest BCUT2D eigenvalue weighted by molar-refractivity contribution is 7.99. The van der Waals surface area contributed by atoms with E-state index in [1.54, 1.807) is 0 Å². The van der Waals surface area contributed by atoms with Crippen LogP contribution in [0.4, 0.5) is 15.8 Å². The molecule has 3 nitrogen and oxygen atoms in total. The lowest BCUT2D eigenvalue weighted by atomic mass is 10.2. The van der Waals surface area contributed by atoms with E-state index in [4.69, 9.17) is 5.73 Å². The number of anilines is 2. The molecule has 0 aliphatic rings. The van der Waals surface area contributed by atoms with E-state index >= 15 is 0 Å². The van der Waals surface area contributed by atoms with Crippen LogP contribution in [0.1, 0.15) is 39.0 Å². The molecular formula is C15H23FN2OS. The number of nitrogens with two attached hydrogens (primary N) is 1. The molecule has 1 aromatic carbocycles. The summed E-state index contributed by atoms with van der Waals surface area (Å²) in [6.45, 7) is 2.18. The Morgan fingerprint density at radius 2 is 2.05 bits per heavy atom. The van der Waals surface area contributed by atoms with Crippen molar-refractivity contribution in [3.05, 3.63) is 24.0 Å². The lowest BCUT2D eigenvalue weighted by Gasteiger charge is -2.07.